The van der Waals surface area contributed by atoms with Crippen molar-refractivity contribution in [1.29, 1.82) is 0 Å². The van der Waals surface area contributed by atoms with Gasteiger partial charge in [0.05, 0.1) is 0 Å². The summed E-state index contributed by atoms with van der Waals surface area (Å²) in [5.74, 6) is -0.517. The standard InChI is InChI=1S/C12H13N5O4/c1-6-4-8(18)15-11(14-6)13-5-7-9(19)16(2)12(21)17(3)10(7)20/h4-5,19H,1-3H3,(H,14,15,18). The van der Waals surface area contributed by atoms with Gasteiger partial charge >= 0.3 is 5.69 Å². The van der Waals surface area contributed by atoms with E-state index in [2.05, 4.69) is 15.0 Å². The summed E-state index contributed by atoms with van der Waals surface area (Å²) in [5.41, 5.74) is -1.45. The summed E-state index contributed by atoms with van der Waals surface area (Å²) in [4.78, 5) is 45.0. The van der Waals surface area contributed by atoms with Crippen molar-refractivity contribution in [1.82, 2.24) is 19.1 Å². The van der Waals surface area contributed by atoms with E-state index in [0.29, 0.717) is 5.69 Å². The molecule has 0 aliphatic carbocycles. The Hall–Kier alpha value is -2.97. The van der Waals surface area contributed by atoms with Gasteiger partial charge in [0.25, 0.3) is 11.1 Å². The number of nitrogens with zero attached hydrogens (tertiary/aromatic N) is 4. The van der Waals surface area contributed by atoms with Crippen LogP contribution in [-0.4, -0.2) is 30.4 Å². The lowest BCUT2D eigenvalue weighted by Crippen LogP contribution is -2.38. The molecule has 0 radical (unpaired) electrons. The Morgan fingerprint density at radius 1 is 1.29 bits per heavy atom. The average Bonchev–Trinajstić information content (AvgIpc) is 2.42. The topological polar surface area (TPSA) is 122 Å². The van der Waals surface area contributed by atoms with Crippen molar-refractivity contribution < 1.29 is 5.11 Å². The molecule has 0 aromatic carbocycles. The average molecular weight is 291 g/mol. The first-order valence-corrected chi connectivity index (χ1v) is 5.92. The number of rotatable bonds is 2. The van der Waals surface area contributed by atoms with E-state index in [1.165, 1.54) is 20.2 Å². The molecule has 2 N–H and O–H groups in total. The molecular weight excluding hydrogens is 278 g/mol. The maximum absolute atomic E-state index is 11.9. The summed E-state index contributed by atoms with van der Waals surface area (Å²) in [6.45, 7) is 1.62. The van der Waals surface area contributed by atoms with Crippen LogP contribution in [0.4, 0.5) is 5.95 Å². The molecule has 0 aliphatic rings. The molecule has 0 unspecified atom stereocenters. The third kappa shape index (κ3) is 2.66. The Kier molecular flexibility index (Phi) is 3.57. The van der Waals surface area contributed by atoms with Gasteiger partial charge in [-0.2, -0.15) is 0 Å². The number of H-pyrrole nitrogens is 1. The summed E-state index contributed by atoms with van der Waals surface area (Å²) in [7, 11) is 2.61. The van der Waals surface area contributed by atoms with Crippen molar-refractivity contribution in [2.24, 2.45) is 19.1 Å². The molecule has 110 valence electrons. The number of aliphatic imine (C=N–C) groups is 1. The second-order valence-electron chi connectivity index (χ2n) is 4.41. The van der Waals surface area contributed by atoms with Crippen LogP contribution in [-0.2, 0) is 14.1 Å². The van der Waals surface area contributed by atoms with Crippen LogP contribution in [0.25, 0.3) is 0 Å². The molecule has 0 bridgehead atoms. The van der Waals surface area contributed by atoms with Crippen molar-refractivity contribution in [3.8, 4) is 5.88 Å². The van der Waals surface area contributed by atoms with Crippen LogP contribution in [0.1, 0.15) is 11.3 Å². The Labute approximate surface area is 117 Å². The molecule has 2 rings (SSSR count). The number of aryl methyl sites for hydroxylation is 1. The van der Waals surface area contributed by atoms with Crippen LogP contribution >= 0.6 is 0 Å². The zero-order valence-corrected chi connectivity index (χ0v) is 11.6. The smallest absolute Gasteiger partial charge is 0.333 e. The molecule has 2 aromatic rings. The van der Waals surface area contributed by atoms with Gasteiger partial charge in [0.2, 0.25) is 11.8 Å². The summed E-state index contributed by atoms with van der Waals surface area (Å²) in [5, 5.41) is 9.84. The normalized spacial score (nSPS) is 11.2. The molecular formula is C12H13N5O4. The summed E-state index contributed by atoms with van der Waals surface area (Å²) in [6, 6.07) is 1.29. The summed E-state index contributed by atoms with van der Waals surface area (Å²) < 4.78 is 1.75. The van der Waals surface area contributed by atoms with Gasteiger partial charge in [-0.05, 0) is 6.92 Å². The molecule has 2 aromatic heterocycles. The van der Waals surface area contributed by atoms with Crippen LogP contribution in [0, 0.1) is 6.92 Å². The van der Waals surface area contributed by atoms with E-state index in [9.17, 15) is 19.5 Å². The molecule has 9 nitrogen and oxygen atoms in total. The highest BCUT2D eigenvalue weighted by Crippen LogP contribution is 2.08. The molecule has 2 heterocycles. The summed E-state index contributed by atoms with van der Waals surface area (Å²) in [6.07, 6.45) is 1.05. The van der Waals surface area contributed by atoms with Gasteiger partial charge in [0.15, 0.2) is 0 Å². The quantitative estimate of drug-likeness (QED) is 0.682. The molecule has 0 aliphatic heterocycles. The van der Waals surface area contributed by atoms with Gasteiger partial charge in [0.1, 0.15) is 5.56 Å². The molecule has 21 heavy (non-hydrogen) atoms. The van der Waals surface area contributed by atoms with Gasteiger partial charge in [-0.25, -0.2) is 14.8 Å². The molecule has 0 atom stereocenters. The first-order valence-electron chi connectivity index (χ1n) is 5.92. The van der Waals surface area contributed by atoms with Crippen molar-refractivity contribution in [2.45, 2.75) is 6.92 Å². The minimum absolute atomic E-state index is 0.00435. The minimum Gasteiger partial charge on any atom is -0.494 e. The van der Waals surface area contributed by atoms with E-state index >= 15 is 0 Å². The highest BCUT2D eigenvalue weighted by molar-refractivity contribution is 5.83. The van der Waals surface area contributed by atoms with Crippen LogP contribution in [0.15, 0.2) is 25.4 Å². The van der Waals surface area contributed by atoms with Gasteiger partial charge in [0, 0.05) is 32.1 Å². The third-order valence-corrected chi connectivity index (χ3v) is 2.84. The maximum Gasteiger partial charge on any atom is 0.333 e. The zero-order valence-electron chi connectivity index (χ0n) is 11.6. The molecule has 0 saturated heterocycles. The first kappa shape index (κ1) is 14.4. The molecule has 0 amide bonds. The zero-order chi connectivity index (χ0) is 15.7. The Balaban J connectivity index is 2.59. The lowest BCUT2D eigenvalue weighted by molar-refractivity contribution is 0.410. The predicted molar refractivity (Wildman–Crippen MR) is 75.4 cm³/mol. The second-order valence-corrected chi connectivity index (χ2v) is 4.41. The Bertz CT molecular complexity index is 903. The second kappa shape index (κ2) is 5.19. The number of aromatic nitrogens is 4. The van der Waals surface area contributed by atoms with E-state index in [-0.39, 0.29) is 17.1 Å². The monoisotopic (exact) mass is 291 g/mol. The van der Waals surface area contributed by atoms with Crippen LogP contribution in [0.3, 0.4) is 0 Å². The van der Waals surface area contributed by atoms with Crippen LogP contribution in [0.5, 0.6) is 5.88 Å². The van der Waals surface area contributed by atoms with Crippen LogP contribution < -0.4 is 16.8 Å². The SMILES string of the molecule is Cc1cc(=O)[nH]c(N=Cc2c(O)n(C)c(=O)n(C)c2=O)n1. The fourth-order valence-electron chi connectivity index (χ4n) is 1.72. The molecule has 0 saturated carbocycles. The molecule has 0 fully saturated rings. The van der Waals surface area contributed by atoms with E-state index < -0.39 is 17.1 Å². The fourth-order valence-corrected chi connectivity index (χ4v) is 1.72. The first-order chi connectivity index (χ1) is 9.81. The summed E-state index contributed by atoms with van der Waals surface area (Å²) >= 11 is 0. The van der Waals surface area contributed by atoms with Crippen LogP contribution in [0.2, 0.25) is 0 Å². The van der Waals surface area contributed by atoms with Crippen molar-refractivity contribution in [3.05, 3.63) is 48.5 Å². The lowest BCUT2D eigenvalue weighted by atomic mass is 10.3. The minimum atomic E-state index is -0.700. The molecule has 0 spiro atoms. The van der Waals surface area contributed by atoms with E-state index in [1.807, 2.05) is 0 Å². The van der Waals surface area contributed by atoms with E-state index in [1.54, 1.807) is 6.92 Å². The third-order valence-electron chi connectivity index (χ3n) is 2.84. The largest absolute Gasteiger partial charge is 0.494 e. The molecule has 9 heteroatoms. The predicted octanol–water partition coefficient (Wildman–Crippen LogP) is -1.07. The van der Waals surface area contributed by atoms with Gasteiger partial charge < -0.3 is 5.11 Å². The van der Waals surface area contributed by atoms with Gasteiger partial charge in [-0.3, -0.25) is 23.7 Å². The number of hydrogen-bond donors (Lipinski definition) is 2. The lowest BCUT2D eigenvalue weighted by Gasteiger charge is -2.06. The Morgan fingerprint density at radius 3 is 2.57 bits per heavy atom. The van der Waals surface area contributed by atoms with Gasteiger partial charge in [-0.1, -0.05) is 0 Å². The number of nitrogens with one attached hydrogen (secondary N) is 1. The highest BCUT2D eigenvalue weighted by Gasteiger charge is 2.12. The fraction of sp³-hybridized carbons (Fsp3) is 0.250. The number of hydrogen-bond acceptors (Lipinski definition) is 6. The van der Waals surface area contributed by atoms with Crippen molar-refractivity contribution in [3.63, 3.8) is 0 Å². The number of aromatic hydroxyl groups is 1. The van der Waals surface area contributed by atoms with E-state index in [4.69, 9.17) is 0 Å². The highest BCUT2D eigenvalue weighted by atomic mass is 16.3. The van der Waals surface area contributed by atoms with Gasteiger partial charge in [-0.15, -0.1) is 0 Å². The van der Waals surface area contributed by atoms with Crippen molar-refractivity contribution in [2.75, 3.05) is 0 Å². The Morgan fingerprint density at radius 2 is 1.95 bits per heavy atom. The number of aromatic amines is 1. The van der Waals surface area contributed by atoms with E-state index in [0.717, 1.165) is 15.3 Å². The van der Waals surface area contributed by atoms with Crippen molar-refractivity contribution >= 4 is 12.2 Å². The maximum atomic E-state index is 11.9.